The molecule has 1 aliphatic carbocycles. The van der Waals surface area contributed by atoms with Gasteiger partial charge in [0.15, 0.2) is 0 Å². The molecule has 3 heteroatoms. The van der Waals surface area contributed by atoms with Crippen molar-refractivity contribution in [1.82, 2.24) is 15.1 Å². The summed E-state index contributed by atoms with van der Waals surface area (Å²) in [5.74, 6) is 1.82. The Labute approximate surface area is 130 Å². The largest absolute Gasteiger partial charge is 0.314 e. The molecule has 1 fully saturated rings. The number of nitrogens with one attached hydrogen (secondary N) is 1. The van der Waals surface area contributed by atoms with Gasteiger partial charge in [-0.1, -0.05) is 33.1 Å². The third kappa shape index (κ3) is 4.32. The van der Waals surface area contributed by atoms with Crippen LogP contribution >= 0.6 is 0 Å². The van der Waals surface area contributed by atoms with Crippen LogP contribution in [0.15, 0.2) is 6.07 Å². The lowest BCUT2D eigenvalue weighted by molar-refractivity contribution is 0.216. The Kier molecular flexibility index (Phi) is 6.28. The van der Waals surface area contributed by atoms with E-state index in [1.165, 1.54) is 37.8 Å². The summed E-state index contributed by atoms with van der Waals surface area (Å²) in [4.78, 5) is 0. The van der Waals surface area contributed by atoms with Gasteiger partial charge in [0, 0.05) is 24.7 Å². The molecule has 0 amide bonds. The first-order valence-electron chi connectivity index (χ1n) is 8.94. The molecule has 1 aromatic heterocycles. The first-order chi connectivity index (χ1) is 10.2. The van der Waals surface area contributed by atoms with E-state index in [2.05, 4.69) is 48.9 Å². The molecule has 1 heterocycles. The highest BCUT2D eigenvalue weighted by Crippen LogP contribution is 2.33. The summed E-state index contributed by atoms with van der Waals surface area (Å²) in [5.41, 5.74) is 2.55. The molecule has 120 valence electrons. The van der Waals surface area contributed by atoms with E-state index in [9.17, 15) is 0 Å². The fourth-order valence-electron chi connectivity index (χ4n) is 3.93. The summed E-state index contributed by atoms with van der Waals surface area (Å²) < 4.78 is 2.18. The number of aryl methyl sites for hydroxylation is 2. The van der Waals surface area contributed by atoms with Crippen LogP contribution in [0, 0.1) is 18.8 Å². The third-order valence-corrected chi connectivity index (χ3v) is 5.22. The van der Waals surface area contributed by atoms with Crippen LogP contribution in [-0.4, -0.2) is 22.4 Å². The summed E-state index contributed by atoms with van der Waals surface area (Å²) in [5, 5.41) is 8.35. The molecule has 1 saturated carbocycles. The SMILES string of the molecule is CCNC(Cc1cc(C)nn1CC)C1CCC(CC)CC1. The average Bonchev–Trinajstić information content (AvgIpc) is 2.87. The van der Waals surface area contributed by atoms with Gasteiger partial charge >= 0.3 is 0 Å². The van der Waals surface area contributed by atoms with Gasteiger partial charge < -0.3 is 5.32 Å². The maximum atomic E-state index is 4.60. The maximum absolute atomic E-state index is 4.60. The van der Waals surface area contributed by atoms with Crippen molar-refractivity contribution in [3.8, 4) is 0 Å². The van der Waals surface area contributed by atoms with Crippen molar-refractivity contribution in [2.75, 3.05) is 6.54 Å². The van der Waals surface area contributed by atoms with Crippen molar-refractivity contribution in [2.45, 2.75) is 78.8 Å². The van der Waals surface area contributed by atoms with Gasteiger partial charge in [-0.15, -0.1) is 0 Å². The Bertz CT molecular complexity index is 416. The minimum Gasteiger partial charge on any atom is -0.314 e. The van der Waals surface area contributed by atoms with Gasteiger partial charge in [-0.05, 0) is 51.1 Å². The van der Waals surface area contributed by atoms with Gasteiger partial charge in [0.25, 0.3) is 0 Å². The van der Waals surface area contributed by atoms with Crippen molar-refractivity contribution < 1.29 is 0 Å². The molecule has 1 aliphatic rings. The van der Waals surface area contributed by atoms with Crippen molar-refractivity contribution in [2.24, 2.45) is 11.8 Å². The molecule has 0 aliphatic heterocycles. The molecule has 21 heavy (non-hydrogen) atoms. The number of likely N-dealkylation sites (N-methyl/N-ethyl adjacent to an activating group) is 1. The summed E-state index contributed by atoms with van der Waals surface area (Å²) >= 11 is 0. The summed E-state index contributed by atoms with van der Waals surface area (Å²) in [6.45, 7) is 10.9. The zero-order valence-electron chi connectivity index (χ0n) is 14.4. The molecule has 1 unspecified atom stereocenters. The molecule has 1 aromatic rings. The van der Waals surface area contributed by atoms with Crippen LogP contribution in [0.25, 0.3) is 0 Å². The fraction of sp³-hybridized carbons (Fsp3) is 0.833. The summed E-state index contributed by atoms with van der Waals surface area (Å²) in [6, 6.07) is 2.89. The van der Waals surface area contributed by atoms with E-state index in [0.29, 0.717) is 6.04 Å². The summed E-state index contributed by atoms with van der Waals surface area (Å²) in [6.07, 6.45) is 8.14. The molecule has 1 atom stereocenters. The number of aromatic nitrogens is 2. The normalized spacial score (nSPS) is 24.2. The number of hydrogen-bond donors (Lipinski definition) is 1. The topological polar surface area (TPSA) is 29.9 Å². The van der Waals surface area contributed by atoms with Gasteiger partial charge in [-0.25, -0.2) is 0 Å². The Hall–Kier alpha value is -0.830. The summed E-state index contributed by atoms with van der Waals surface area (Å²) in [7, 11) is 0. The molecule has 3 nitrogen and oxygen atoms in total. The average molecular weight is 291 g/mol. The van der Waals surface area contributed by atoms with Crippen LogP contribution in [0.3, 0.4) is 0 Å². The Morgan fingerprint density at radius 2 is 1.95 bits per heavy atom. The van der Waals surface area contributed by atoms with E-state index in [4.69, 9.17) is 0 Å². The quantitative estimate of drug-likeness (QED) is 0.824. The van der Waals surface area contributed by atoms with Crippen molar-refractivity contribution in [3.63, 3.8) is 0 Å². The van der Waals surface area contributed by atoms with E-state index in [1.54, 1.807) is 0 Å². The highest BCUT2D eigenvalue weighted by Gasteiger charge is 2.27. The monoisotopic (exact) mass is 291 g/mol. The molecule has 0 aromatic carbocycles. The molecule has 0 radical (unpaired) electrons. The van der Waals surface area contributed by atoms with Gasteiger partial charge in [0.2, 0.25) is 0 Å². The number of rotatable bonds is 7. The zero-order valence-corrected chi connectivity index (χ0v) is 14.4. The smallest absolute Gasteiger partial charge is 0.0596 e. The first kappa shape index (κ1) is 16.5. The molecule has 2 rings (SSSR count). The Morgan fingerprint density at radius 3 is 2.52 bits per heavy atom. The first-order valence-corrected chi connectivity index (χ1v) is 8.94. The molecule has 0 bridgehead atoms. The molecular formula is C18H33N3. The molecule has 0 saturated heterocycles. The Balaban J connectivity index is 2.01. The highest BCUT2D eigenvalue weighted by atomic mass is 15.3. The van der Waals surface area contributed by atoms with Crippen molar-refractivity contribution in [3.05, 3.63) is 17.5 Å². The van der Waals surface area contributed by atoms with E-state index < -0.39 is 0 Å². The standard InChI is InChI=1S/C18H33N3/c1-5-15-8-10-16(11-9-15)18(19-6-2)13-17-12-14(4)20-21(17)7-3/h12,15-16,18-19H,5-11,13H2,1-4H3. The second-order valence-corrected chi connectivity index (χ2v) is 6.65. The van der Waals surface area contributed by atoms with Gasteiger partial charge in [0.05, 0.1) is 5.69 Å². The third-order valence-electron chi connectivity index (χ3n) is 5.22. The van der Waals surface area contributed by atoms with Crippen LogP contribution in [0.5, 0.6) is 0 Å². The van der Waals surface area contributed by atoms with E-state index in [0.717, 1.165) is 37.0 Å². The predicted molar refractivity (Wildman–Crippen MR) is 89.5 cm³/mol. The van der Waals surface area contributed by atoms with Crippen LogP contribution in [0.4, 0.5) is 0 Å². The maximum Gasteiger partial charge on any atom is 0.0596 e. The van der Waals surface area contributed by atoms with Crippen LogP contribution in [0.2, 0.25) is 0 Å². The van der Waals surface area contributed by atoms with E-state index in [1.807, 2.05) is 0 Å². The van der Waals surface area contributed by atoms with Crippen LogP contribution in [0.1, 0.15) is 64.3 Å². The minimum atomic E-state index is 0.620. The lowest BCUT2D eigenvalue weighted by Gasteiger charge is -2.34. The number of hydrogen-bond acceptors (Lipinski definition) is 2. The highest BCUT2D eigenvalue weighted by molar-refractivity contribution is 5.11. The van der Waals surface area contributed by atoms with Crippen molar-refractivity contribution >= 4 is 0 Å². The second-order valence-electron chi connectivity index (χ2n) is 6.65. The Morgan fingerprint density at radius 1 is 1.24 bits per heavy atom. The van der Waals surface area contributed by atoms with Crippen LogP contribution < -0.4 is 5.32 Å². The lowest BCUT2D eigenvalue weighted by atomic mass is 9.76. The van der Waals surface area contributed by atoms with Crippen LogP contribution in [-0.2, 0) is 13.0 Å². The molecule has 0 spiro atoms. The number of nitrogens with zero attached hydrogens (tertiary/aromatic N) is 2. The van der Waals surface area contributed by atoms with E-state index in [-0.39, 0.29) is 0 Å². The van der Waals surface area contributed by atoms with Crippen molar-refractivity contribution in [1.29, 1.82) is 0 Å². The zero-order chi connectivity index (χ0) is 15.2. The fourth-order valence-corrected chi connectivity index (χ4v) is 3.93. The lowest BCUT2D eigenvalue weighted by Crippen LogP contribution is -2.40. The predicted octanol–water partition coefficient (Wildman–Crippen LogP) is 3.95. The molecule has 1 N–H and O–H groups in total. The second kappa shape index (κ2) is 7.98. The molecular weight excluding hydrogens is 258 g/mol. The minimum absolute atomic E-state index is 0.620. The van der Waals surface area contributed by atoms with E-state index >= 15 is 0 Å². The van der Waals surface area contributed by atoms with Gasteiger partial charge in [-0.3, -0.25) is 4.68 Å². The van der Waals surface area contributed by atoms with Gasteiger partial charge in [0.1, 0.15) is 0 Å². The van der Waals surface area contributed by atoms with Gasteiger partial charge in [-0.2, -0.15) is 5.10 Å².